The third kappa shape index (κ3) is 9.90. The molecule has 3 aromatic rings. The average molecular weight is 911 g/mol. The molecule has 6 aliphatic rings. The topological polar surface area (TPSA) is 180 Å². The van der Waals surface area contributed by atoms with E-state index < -0.39 is 50.6 Å². The predicted molar refractivity (Wildman–Crippen MR) is 242 cm³/mol. The molecule has 0 spiro atoms. The molecule has 9 rings (SSSR count). The van der Waals surface area contributed by atoms with Crippen molar-refractivity contribution in [3.63, 3.8) is 0 Å². The summed E-state index contributed by atoms with van der Waals surface area (Å²) in [7, 11) is -2.29. The number of Topliss-reactive ketones (excluding diaryl/α,β-unsaturated/α-hetero) is 1. The van der Waals surface area contributed by atoms with Crippen LogP contribution >= 0.6 is 0 Å². The van der Waals surface area contributed by atoms with Crippen LogP contribution in [0.4, 0.5) is 0 Å². The van der Waals surface area contributed by atoms with E-state index in [0.717, 1.165) is 31.1 Å². The van der Waals surface area contributed by atoms with Crippen molar-refractivity contribution in [2.75, 3.05) is 13.7 Å². The van der Waals surface area contributed by atoms with Gasteiger partial charge >= 0.3 is 5.97 Å². The van der Waals surface area contributed by atoms with Crippen molar-refractivity contribution < 1.29 is 46.5 Å². The Labute approximate surface area is 381 Å². The number of sulfonamides is 1. The average Bonchev–Trinajstić information content (AvgIpc) is 4.23. The fraction of sp³-hybridized carbons (Fsp3) is 0.600. The molecule has 2 aromatic heterocycles. The molecular weight excluding hydrogens is 849 g/mol. The van der Waals surface area contributed by atoms with Crippen molar-refractivity contribution in [3.8, 4) is 28.8 Å². The van der Waals surface area contributed by atoms with E-state index >= 15 is 4.79 Å². The molecule has 14 nitrogen and oxygen atoms in total. The van der Waals surface area contributed by atoms with Gasteiger partial charge in [0.15, 0.2) is 5.78 Å². The molecule has 10 atom stereocenters. The fourth-order valence-electron chi connectivity index (χ4n) is 10.7. The Balaban J connectivity index is 1.05. The molecule has 4 aliphatic carbocycles. The normalized spacial score (nSPS) is 31.8. The van der Waals surface area contributed by atoms with Gasteiger partial charge in [0, 0.05) is 36.1 Å². The molecule has 1 unspecified atom stereocenters. The molecule has 5 fully saturated rings. The minimum Gasteiger partial charge on any atom is -0.497 e. The third-order valence-corrected chi connectivity index (χ3v) is 16.5. The molecule has 4 heterocycles. The first-order valence-electron chi connectivity index (χ1n) is 23.6. The maximum atomic E-state index is 15.2. The summed E-state index contributed by atoms with van der Waals surface area (Å²) in [5.41, 5.74) is 0.0166. The number of methoxy groups -OCH3 is 1. The minimum absolute atomic E-state index is 0.0278. The first kappa shape index (κ1) is 45.1. The number of carbonyl (C=O) groups is 4. The Bertz CT molecular complexity index is 2460. The van der Waals surface area contributed by atoms with E-state index in [1.165, 1.54) is 6.42 Å². The molecule has 4 saturated carbocycles. The van der Waals surface area contributed by atoms with Crippen molar-refractivity contribution in [1.29, 1.82) is 0 Å². The number of aromatic nitrogens is 2. The number of allylic oxidation sites excluding steroid dienone is 2. The number of pyridine rings is 2. The summed E-state index contributed by atoms with van der Waals surface area (Å²) in [6, 6.07) is 10.1. The van der Waals surface area contributed by atoms with Crippen molar-refractivity contribution in [2.45, 2.75) is 134 Å². The highest BCUT2D eigenvalue weighted by molar-refractivity contribution is 7.90. The number of amides is 2. The number of carbonyl (C=O) groups excluding carboxylic acids is 4. The first-order valence-corrected chi connectivity index (χ1v) is 25.2. The first-order chi connectivity index (χ1) is 31.1. The smallest absolute Gasteiger partial charge is 0.306 e. The van der Waals surface area contributed by atoms with Crippen LogP contribution in [-0.2, 0) is 33.9 Å². The van der Waals surface area contributed by atoms with Gasteiger partial charge in [-0.15, -0.1) is 0 Å². The van der Waals surface area contributed by atoms with Crippen LogP contribution in [0.25, 0.3) is 22.0 Å². The Hall–Kier alpha value is -5.05. The van der Waals surface area contributed by atoms with Crippen LogP contribution in [0.2, 0.25) is 0 Å². The Morgan fingerprint density at radius 1 is 0.969 bits per heavy atom. The molecule has 348 valence electrons. The zero-order valence-corrected chi connectivity index (χ0v) is 38.9. The number of hydrogen-bond acceptors (Lipinski definition) is 12. The second-order valence-electron chi connectivity index (χ2n) is 20.2. The highest BCUT2D eigenvalue weighted by Crippen LogP contribution is 2.57. The van der Waals surface area contributed by atoms with Gasteiger partial charge in [0.2, 0.25) is 33.6 Å². The second kappa shape index (κ2) is 18.0. The number of hydrogen-bond donors (Lipinski definition) is 1. The lowest BCUT2D eigenvalue weighted by Crippen LogP contribution is -2.47. The van der Waals surface area contributed by atoms with Gasteiger partial charge in [-0.1, -0.05) is 26.0 Å². The molecule has 0 bridgehead atoms. The van der Waals surface area contributed by atoms with E-state index in [-0.39, 0.29) is 67.5 Å². The van der Waals surface area contributed by atoms with Gasteiger partial charge in [-0.3, -0.25) is 23.9 Å². The molecule has 1 aromatic carbocycles. The molecule has 65 heavy (non-hydrogen) atoms. The molecule has 1 N–H and O–H groups in total. The standard InChI is InChI=1S/C50H62N4O10S/c1-28(2)62-45-15-10-31(26-51-45)42-21-34-20-36(61-5)11-14-40(34)47(52-42)64-38-22-43-44(55)25-50(49(58)53-65(59,60)39-12-13-39)24-35(50)9-7-6-8-29(3)16-30(4)41(48(57)54(43)27-38)23-46(56)63-37-18-32-17-33(32)19-37/h7,9-11,14-15,20-21,26,28-30,32-33,35,37-39,41,43H,6,8,12-13,16-19,22-25,27H2,1-5H3,(H,53,58)/b9-7-/t29-,30-,32-,33+,35-,37?,38-,41+,43+,50-/m1/s1. The van der Waals surface area contributed by atoms with Crippen LogP contribution in [0.1, 0.15) is 105 Å². The van der Waals surface area contributed by atoms with Gasteiger partial charge in [-0.05, 0) is 137 Å². The molecule has 1 saturated heterocycles. The summed E-state index contributed by atoms with van der Waals surface area (Å²) in [6.45, 7) is 8.03. The van der Waals surface area contributed by atoms with Crippen LogP contribution in [0.5, 0.6) is 17.5 Å². The second-order valence-corrected chi connectivity index (χ2v) is 22.2. The van der Waals surface area contributed by atoms with Gasteiger partial charge < -0.3 is 23.8 Å². The van der Waals surface area contributed by atoms with E-state index in [1.54, 1.807) is 24.3 Å². The van der Waals surface area contributed by atoms with Crippen LogP contribution in [0.3, 0.4) is 0 Å². The van der Waals surface area contributed by atoms with Crippen molar-refractivity contribution in [1.82, 2.24) is 19.6 Å². The van der Waals surface area contributed by atoms with Gasteiger partial charge in [-0.2, -0.15) is 0 Å². The Kier molecular flexibility index (Phi) is 12.5. The fourth-order valence-corrected chi connectivity index (χ4v) is 12.1. The molecule has 0 radical (unpaired) electrons. The number of ether oxygens (including phenoxy) is 4. The Morgan fingerprint density at radius 3 is 2.46 bits per heavy atom. The van der Waals surface area contributed by atoms with Crippen molar-refractivity contribution in [3.05, 3.63) is 54.7 Å². The number of rotatable bonds is 12. The van der Waals surface area contributed by atoms with Crippen LogP contribution in [0, 0.1) is 40.9 Å². The largest absolute Gasteiger partial charge is 0.497 e. The summed E-state index contributed by atoms with van der Waals surface area (Å²) in [5.74, 6) is -0.225. The lowest BCUT2D eigenvalue weighted by atomic mass is 9.82. The molecule has 2 aliphatic heterocycles. The SMILES string of the molecule is COc1ccc2c(O[C@@H]3C[C@H]4C(=O)C[C@]5(C(=O)NS(=O)(=O)C6CC6)C[C@H]5/C=C\CC[C@@H](C)C[C@@H](C)[C@H](CC(=O)OC5C[C@@H]6C[C@@H]6C5)C(=O)N4C3)nc(-c3ccc(OC(C)C)nc3)cc2c1. The zero-order valence-electron chi connectivity index (χ0n) is 38.1. The third-order valence-electron chi connectivity index (χ3n) is 14.7. The van der Waals surface area contributed by atoms with Gasteiger partial charge in [0.25, 0.3) is 0 Å². The highest BCUT2D eigenvalue weighted by atomic mass is 32.2. The predicted octanol–water partition coefficient (Wildman–Crippen LogP) is 7.38. The minimum atomic E-state index is -3.88. The van der Waals surface area contributed by atoms with E-state index in [4.69, 9.17) is 23.9 Å². The monoisotopic (exact) mass is 910 g/mol. The number of nitrogens with one attached hydrogen (secondary N) is 1. The van der Waals surface area contributed by atoms with E-state index in [2.05, 4.69) is 16.6 Å². The van der Waals surface area contributed by atoms with Gasteiger partial charge in [0.05, 0.1) is 54.5 Å². The van der Waals surface area contributed by atoms with Crippen molar-refractivity contribution in [2.24, 2.45) is 40.9 Å². The summed E-state index contributed by atoms with van der Waals surface area (Å²) in [6.07, 6.45) is 10.9. The van der Waals surface area contributed by atoms with Gasteiger partial charge in [-0.25, -0.2) is 18.4 Å². The number of esters is 1. The van der Waals surface area contributed by atoms with Crippen LogP contribution in [-0.4, -0.2) is 90.1 Å². The number of benzene rings is 1. The lowest BCUT2D eigenvalue weighted by molar-refractivity contribution is -0.155. The maximum absolute atomic E-state index is 15.2. The zero-order chi connectivity index (χ0) is 45.8. The van der Waals surface area contributed by atoms with Crippen LogP contribution < -0.4 is 18.9 Å². The molecular formula is C50H62N4O10S. The molecule has 2 amide bonds. The van der Waals surface area contributed by atoms with E-state index in [9.17, 15) is 22.8 Å². The van der Waals surface area contributed by atoms with E-state index in [0.29, 0.717) is 71.7 Å². The maximum Gasteiger partial charge on any atom is 0.306 e. The summed E-state index contributed by atoms with van der Waals surface area (Å²) >= 11 is 0. The summed E-state index contributed by atoms with van der Waals surface area (Å²) in [4.78, 5) is 69.0. The summed E-state index contributed by atoms with van der Waals surface area (Å²) in [5, 5.41) is 0.867. The van der Waals surface area contributed by atoms with Crippen LogP contribution in [0.15, 0.2) is 54.7 Å². The van der Waals surface area contributed by atoms with E-state index in [1.807, 2.05) is 63.3 Å². The molecule has 15 heteroatoms. The number of ketones is 1. The quantitative estimate of drug-likeness (QED) is 0.141. The lowest BCUT2D eigenvalue weighted by Gasteiger charge is -2.32. The number of nitrogens with zero attached hydrogens (tertiary/aromatic N) is 3. The van der Waals surface area contributed by atoms with Crippen molar-refractivity contribution >= 4 is 44.4 Å². The number of fused-ring (bicyclic) bond motifs is 4. The Morgan fingerprint density at radius 2 is 1.75 bits per heavy atom. The highest BCUT2D eigenvalue weighted by Gasteiger charge is 2.62. The van der Waals surface area contributed by atoms with Gasteiger partial charge in [0.1, 0.15) is 18.0 Å². The summed E-state index contributed by atoms with van der Waals surface area (Å²) < 4.78 is 52.7.